The van der Waals surface area contributed by atoms with Gasteiger partial charge in [0.05, 0.1) is 4.92 Å². The third-order valence-corrected chi connectivity index (χ3v) is 3.01. The van der Waals surface area contributed by atoms with Crippen molar-refractivity contribution in [2.45, 2.75) is 20.3 Å². The molecule has 2 rings (SSSR count). The quantitative estimate of drug-likeness (QED) is 0.625. The molecule has 23 heavy (non-hydrogen) atoms. The molecule has 7 nitrogen and oxygen atoms in total. The van der Waals surface area contributed by atoms with E-state index in [1.165, 1.54) is 18.3 Å². The average molecular weight is 314 g/mol. The second kappa shape index (κ2) is 7.35. The molecule has 0 spiro atoms. The number of nitro groups is 1. The Morgan fingerprint density at radius 2 is 1.87 bits per heavy atom. The second-order valence-electron chi connectivity index (χ2n) is 5.48. The number of hydrogen-bond acceptors (Lipinski definition) is 5. The lowest BCUT2D eigenvalue weighted by Gasteiger charge is -2.09. The minimum atomic E-state index is -0.490. The maximum atomic E-state index is 11.7. The average Bonchev–Trinajstić information content (AvgIpc) is 2.48. The molecule has 2 N–H and O–H groups in total. The summed E-state index contributed by atoms with van der Waals surface area (Å²) in [6.45, 7) is 3.96. The van der Waals surface area contributed by atoms with Crippen molar-refractivity contribution >= 4 is 28.8 Å². The highest BCUT2D eigenvalue weighted by molar-refractivity contribution is 5.91. The highest BCUT2D eigenvalue weighted by Crippen LogP contribution is 2.25. The minimum absolute atomic E-state index is 0.0407. The Bertz CT molecular complexity index is 699. The molecule has 120 valence electrons. The van der Waals surface area contributed by atoms with Gasteiger partial charge in [0.2, 0.25) is 11.7 Å². The Morgan fingerprint density at radius 3 is 2.48 bits per heavy atom. The molecule has 1 aromatic carbocycles. The van der Waals surface area contributed by atoms with Gasteiger partial charge in [0, 0.05) is 30.1 Å². The summed E-state index contributed by atoms with van der Waals surface area (Å²) in [7, 11) is 0. The lowest BCUT2D eigenvalue weighted by molar-refractivity contribution is -0.384. The van der Waals surface area contributed by atoms with E-state index in [1.807, 2.05) is 13.8 Å². The molecule has 0 atom stereocenters. The number of pyridine rings is 1. The van der Waals surface area contributed by atoms with Gasteiger partial charge in [0.25, 0.3) is 0 Å². The number of anilines is 3. The van der Waals surface area contributed by atoms with Crippen LogP contribution in [0.5, 0.6) is 0 Å². The fourth-order valence-corrected chi connectivity index (χ4v) is 2.00. The Labute approximate surface area is 133 Å². The zero-order valence-corrected chi connectivity index (χ0v) is 12.9. The molecule has 1 heterocycles. The van der Waals surface area contributed by atoms with Crippen LogP contribution in [0.15, 0.2) is 42.6 Å². The Kier molecular flexibility index (Phi) is 5.24. The number of nitrogens with zero attached hydrogens (tertiary/aromatic N) is 2. The molecule has 1 aromatic heterocycles. The highest BCUT2D eigenvalue weighted by atomic mass is 16.6. The van der Waals surface area contributed by atoms with Gasteiger partial charge in [-0.2, -0.15) is 0 Å². The van der Waals surface area contributed by atoms with Crippen LogP contribution in [0.2, 0.25) is 0 Å². The third kappa shape index (κ3) is 4.77. The first-order valence-corrected chi connectivity index (χ1v) is 7.22. The number of aromatic nitrogens is 1. The number of rotatable bonds is 6. The molecule has 0 radical (unpaired) electrons. The highest BCUT2D eigenvalue weighted by Gasteiger charge is 2.14. The van der Waals surface area contributed by atoms with Crippen LogP contribution < -0.4 is 10.6 Å². The summed E-state index contributed by atoms with van der Waals surface area (Å²) >= 11 is 0. The van der Waals surface area contributed by atoms with Crippen molar-refractivity contribution in [2.24, 2.45) is 5.92 Å². The van der Waals surface area contributed by atoms with Crippen molar-refractivity contribution in [3.8, 4) is 0 Å². The molecule has 0 aliphatic carbocycles. The number of amides is 1. The summed E-state index contributed by atoms with van der Waals surface area (Å²) in [5.41, 5.74) is 1.23. The molecular formula is C16H18N4O3. The summed E-state index contributed by atoms with van der Waals surface area (Å²) < 4.78 is 0. The number of benzene rings is 1. The van der Waals surface area contributed by atoms with Crippen LogP contribution in [0.3, 0.4) is 0 Å². The van der Waals surface area contributed by atoms with E-state index in [4.69, 9.17) is 0 Å². The summed E-state index contributed by atoms with van der Waals surface area (Å²) in [6, 6.07) is 9.81. The van der Waals surface area contributed by atoms with E-state index in [-0.39, 0.29) is 17.4 Å². The largest absolute Gasteiger partial charge is 0.334 e. The van der Waals surface area contributed by atoms with Gasteiger partial charge in [-0.05, 0) is 36.2 Å². The summed E-state index contributed by atoms with van der Waals surface area (Å²) in [5, 5.41) is 16.7. The van der Waals surface area contributed by atoms with Gasteiger partial charge in [0.15, 0.2) is 0 Å². The number of nitrogens with one attached hydrogen (secondary N) is 2. The molecule has 1 amide bonds. The van der Waals surface area contributed by atoms with Crippen LogP contribution in [0.4, 0.5) is 22.9 Å². The lowest BCUT2D eigenvalue weighted by Crippen LogP contribution is -2.13. The van der Waals surface area contributed by atoms with Crippen LogP contribution in [-0.4, -0.2) is 15.8 Å². The Balaban J connectivity index is 2.06. The van der Waals surface area contributed by atoms with Crippen LogP contribution in [-0.2, 0) is 4.79 Å². The standard InChI is InChI=1S/C16H18N4O3/c1-11(2)10-15(21)18-12-5-7-13(8-6-12)19-16-14(20(22)23)4-3-9-17-16/h3-9,11H,10H2,1-2H3,(H,17,19)(H,18,21). The molecule has 0 saturated carbocycles. The first-order valence-electron chi connectivity index (χ1n) is 7.22. The van der Waals surface area contributed by atoms with Crippen molar-refractivity contribution in [3.63, 3.8) is 0 Å². The maximum Gasteiger partial charge on any atom is 0.311 e. The van der Waals surface area contributed by atoms with E-state index in [9.17, 15) is 14.9 Å². The van der Waals surface area contributed by atoms with Crippen LogP contribution in [0.25, 0.3) is 0 Å². The van der Waals surface area contributed by atoms with E-state index >= 15 is 0 Å². The van der Waals surface area contributed by atoms with Gasteiger partial charge in [-0.3, -0.25) is 14.9 Å². The van der Waals surface area contributed by atoms with Crippen LogP contribution in [0.1, 0.15) is 20.3 Å². The van der Waals surface area contributed by atoms with E-state index < -0.39 is 4.92 Å². The van der Waals surface area contributed by atoms with Crippen molar-refractivity contribution in [2.75, 3.05) is 10.6 Å². The van der Waals surface area contributed by atoms with Crippen molar-refractivity contribution in [3.05, 3.63) is 52.7 Å². The van der Waals surface area contributed by atoms with Gasteiger partial charge in [-0.15, -0.1) is 0 Å². The molecule has 0 aliphatic heterocycles. The summed E-state index contributed by atoms with van der Waals surface area (Å²) in [4.78, 5) is 26.1. The van der Waals surface area contributed by atoms with Crippen molar-refractivity contribution < 1.29 is 9.72 Å². The van der Waals surface area contributed by atoms with Gasteiger partial charge < -0.3 is 10.6 Å². The molecule has 0 fully saturated rings. The van der Waals surface area contributed by atoms with Gasteiger partial charge in [-0.1, -0.05) is 13.8 Å². The molecule has 2 aromatic rings. The van der Waals surface area contributed by atoms with Crippen molar-refractivity contribution in [1.82, 2.24) is 4.98 Å². The van der Waals surface area contributed by atoms with Gasteiger partial charge in [-0.25, -0.2) is 4.98 Å². The zero-order chi connectivity index (χ0) is 16.8. The normalized spacial score (nSPS) is 10.4. The molecule has 0 aliphatic rings. The summed E-state index contributed by atoms with van der Waals surface area (Å²) in [6.07, 6.45) is 1.94. The van der Waals surface area contributed by atoms with Gasteiger partial charge >= 0.3 is 5.69 Å². The first-order chi connectivity index (χ1) is 11.0. The monoisotopic (exact) mass is 314 g/mol. The van der Waals surface area contributed by atoms with Crippen LogP contribution in [0, 0.1) is 16.0 Å². The predicted molar refractivity (Wildman–Crippen MR) is 88.7 cm³/mol. The number of carbonyl (C=O) groups is 1. The Morgan fingerprint density at radius 1 is 1.22 bits per heavy atom. The minimum Gasteiger partial charge on any atom is -0.334 e. The second-order valence-corrected chi connectivity index (χ2v) is 5.48. The molecule has 0 unspecified atom stereocenters. The van der Waals surface area contributed by atoms with Crippen molar-refractivity contribution in [1.29, 1.82) is 0 Å². The maximum absolute atomic E-state index is 11.7. The fourth-order valence-electron chi connectivity index (χ4n) is 2.00. The first kappa shape index (κ1) is 16.4. The zero-order valence-electron chi connectivity index (χ0n) is 12.9. The fraction of sp³-hybridized carbons (Fsp3) is 0.250. The van der Waals surface area contributed by atoms with E-state index in [1.54, 1.807) is 24.3 Å². The smallest absolute Gasteiger partial charge is 0.311 e. The Hall–Kier alpha value is -2.96. The van der Waals surface area contributed by atoms with E-state index in [2.05, 4.69) is 15.6 Å². The predicted octanol–water partition coefficient (Wildman–Crippen LogP) is 3.72. The third-order valence-electron chi connectivity index (χ3n) is 3.01. The number of carbonyl (C=O) groups excluding carboxylic acids is 1. The number of hydrogen-bond donors (Lipinski definition) is 2. The molecular weight excluding hydrogens is 296 g/mol. The van der Waals surface area contributed by atoms with E-state index in [0.29, 0.717) is 23.7 Å². The SMILES string of the molecule is CC(C)CC(=O)Nc1ccc(Nc2ncccc2[N+](=O)[O-])cc1. The molecule has 0 saturated heterocycles. The summed E-state index contributed by atoms with van der Waals surface area (Å²) in [5.74, 6) is 0.427. The van der Waals surface area contributed by atoms with E-state index in [0.717, 1.165) is 0 Å². The van der Waals surface area contributed by atoms with Gasteiger partial charge in [0.1, 0.15) is 0 Å². The molecule has 7 heteroatoms. The van der Waals surface area contributed by atoms with Crippen LogP contribution >= 0.6 is 0 Å². The lowest BCUT2D eigenvalue weighted by atomic mass is 10.1. The molecule has 0 bridgehead atoms. The topological polar surface area (TPSA) is 97.2 Å².